The summed E-state index contributed by atoms with van der Waals surface area (Å²) in [6, 6.07) is 66.9. The number of fused-ring (bicyclic) bond motifs is 2. The van der Waals surface area contributed by atoms with Crippen molar-refractivity contribution in [1.82, 2.24) is 0 Å². The Kier molecular flexibility index (Phi) is 40.2. The van der Waals surface area contributed by atoms with Crippen molar-refractivity contribution in [3.8, 4) is 0 Å². The fraction of sp³-hybridized carbons (Fsp3) is 0.0256. The second-order valence-electron chi connectivity index (χ2n) is 24.1. The monoisotopic (exact) mass is 1740 g/mol. The molecule has 0 aliphatic heterocycles. The van der Waals surface area contributed by atoms with Crippen LogP contribution in [0.5, 0.6) is 0 Å². The molecule has 0 radical (unpaired) electrons. The standard InChI is InChI=1S/C30H25N4O6S2.C28H23N4O7S2.C20H18N4O5S.4Na.2H2O/c1-18-3-8-25(33-29(35)31-23-9-4-21-15-26(41(37)38)11-6-19(21)13-23)17-28(18)34-30(36)32-24-10-5-22-16-27(42(2,39)40)12-7-20(22)14-24;33-27(29-21-7-3-1-4-8-21)31-23-15-13-19(25(17-23)40(35)36)11-12-20-14-16-24(18-26(20)41(37,38)39)32-28(34)30-22-9-5-2-6-10-22;25-19(21-14-7-3-1-4-8-14)23-16-11-12-17(18(13-16)30(27,28)29)24-20(26)22-15-9-5-2-6-10-15;;;;;;/h3-17H,1-2H3,(H2,31,33,35)(H2,32,34,36);1-18H,(H2,29,31,33)(H2,30,32,34)(H,37,38,39);1-13H,(H2,21,23,25)(H2,22,24,26)(H,27,28,29);;;;;2*1H2/q2*-1;;4*+1;;/p-4/b;12-11+;;;;;;;. The number of rotatable bonds is 19. The second-order valence-corrected chi connectivity index (χ2v) is 30.7. The molecule has 0 spiro atoms. The van der Waals surface area contributed by atoms with Crippen molar-refractivity contribution >= 4 is 190 Å². The first-order valence-electron chi connectivity index (χ1n) is 33.1. The zero-order chi connectivity index (χ0) is 81.0. The maximum absolute atomic E-state index is 12.8. The Labute approximate surface area is 775 Å². The molecule has 0 heterocycles. The van der Waals surface area contributed by atoms with E-state index >= 15 is 0 Å². The van der Waals surface area contributed by atoms with Gasteiger partial charge in [0.2, 0.25) is 0 Å². The van der Waals surface area contributed by atoms with Crippen molar-refractivity contribution in [1.29, 1.82) is 0 Å². The smallest absolute Gasteiger partial charge is 0.870 e. The van der Waals surface area contributed by atoms with Crippen LogP contribution in [0.4, 0.5) is 97.0 Å². The number of urea groups is 6. The average Bonchev–Trinajstić information content (AvgIpc) is 0.806. The fourth-order valence-electron chi connectivity index (χ4n) is 10.6. The average molecular weight is 1740 g/mol. The van der Waals surface area contributed by atoms with Gasteiger partial charge in [0.05, 0.1) is 20.4 Å². The zero-order valence-corrected chi connectivity index (χ0v) is 75.9. The van der Waals surface area contributed by atoms with Crippen molar-refractivity contribution < 1.29 is 209 Å². The second kappa shape index (κ2) is 47.2. The van der Waals surface area contributed by atoms with E-state index in [0.717, 1.165) is 45.5 Å². The number of sulfone groups is 1. The molecule has 12 aromatic carbocycles. The normalized spacial score (nSPS) is 10.6. The summed E-state index contributed by atoms with van der Waals surface area (Å²) < 4.78 is 141. The Morgan fingerprint density at radius 2 is 0.613 bits per heavy atom. The van der Waals surface area contributed by atoms with Crippen LogP contribution in [0.25, 0.3) is 33.7 Å². The van der Waals surface area contributed by atoms with Crippen molar-refractivity contribution in [2.75, 3.05) is 70.1 Å². The van der Waals surface area contributed by atoms with Gasteiger partial charge in [-0.25, -0.2) is 54.0 Å². The van der Waals surface area contributed by atoms with Crippen molar-refractivity contribution in [2.45, 2.75) is 31.4 Å². The van der Waals surface area contributed by atoms with E-state index in [9.17, 15) is 80.0 Å². The Hall–Kier alpha value is -9.89. The number of para-hydroxylation sites is 4. The van der Waals surface area contributed by atoms with Crippen LogP contribution >= 0.6 is 0 Å². The zero-order valence-electron chi connectivity index (χ0n) is 63.8. The van der Waals surface area contributed by atoms with Gasteiger partial charge >= 0.3 is 154 Å². The summed E-state index contributed by atoms with van der Waals surface area (Å²) in [5.41, 5.74) is 5.05. The summed E-state index contributed by atoms with van der Waals surface area (Å²) in [5.74, 6) is 0. The van der Waals surface area contributed by atoms with Gasteiger partial charge in [0.25, 0.3) is 0 Å². The summed E-state index contributed by atoms with van der Waals surface area (Å²) >= 11 is 0. The molecule has 119 heavy (non-hydrogen) atoms. The third-order valence-corrected chi connectivity index (χ3v) is 20.1. The third-order valence-electron chi connectivity index (χ3n) is 15.8. The summed E-state index contributed by atoms with van der Waals surface area (Å²) in [4.78, 5) is 73.1. The van der Waals surface area contributed by atoms with Crippen LogP contribution in [-0.4, -0.2) is 87.8 Å². The number of carbonyl (C=O) groups is 6. The maximum atomic E-state index is 12.8. The Balaban J connectivity index is 0.000000371. The van der Waals surface area contributed by atoms with Gasteiger partial charge in [0.15, 0.2) is 9.84 Å². The third kappa shape index (κ3) is 31.3. The van der Waals surface area contributed by atoms with Gasteiger partial charge in [-0.05, 0) is 200 Å². The van der Waals surface area contributed by atoms with Crippen LogP contribution < -0.4 is 182 Å². The maximum Gasteiger partial charge on any atom is 1.00 e. The molecular formula is C78H66N12Na4O20S5-2. The number of hydrogen-bond acceptors (Lipinski definition) is 22. The molecule has 0 aliphatic rings. The molecule has 32 nitrogen and oxygen atoms in total. The molecular weight excluding hydrogens is 1680 g/mol. The summed E-state index contributed by atoms with van der Waals surface area (Å²) in [6.07, 6.45) is 3.73. The van der Waals surface area contributed by atoms with Crippen LogP contribution in [0, 0.1) is 6.92 Å². The van der Waals surface area contributed by atoms with E-state index in [-0.39, 0.29) is 178 Å². The molecule has 0 aliphatic carbocycles. The first kappa shape index (κ1) is 101. The van der Waals surface area contributed by atoms with E-state index in [1.807, 2.05) is 6.92 Å². The molecule has 0 bridgehead atoms. The Morgan fingerprint density at radius 3 is 1.03 bits per heavy atom. The molecule has 12 rings (SSSR count). The Bertz CT molecular complexity index is 6200. The molecule has 12 aromatic rings. The number of nitrogens with one attached hydrogen (secondary N) is 12. The van der Waals surface area contributed by atoms with Gasteiger partial charge in [0.1, 0.15) is 20.2 Å². The van der Waals surface area contributed by atoms with E-state index in [2.05, 4.69) is 63.8 Å². The van der Waals surface area contributed by atoms with Crippen LogP contribution in [0.1, 0.15) is 16.7 Å². The van der Waals surface area contributed by atoms with Crippen LogP contribution in [0.3, 0.4) is 0 Å². The van der Waals surface area contributed by atoms with E-state index < -0.39 is 97.5 Å². The number of amides is 12. The number of hydrogen-bond donors (Lipinski definition) is 12. The van der Waals surface area contributed by atoms with Crippen molar-refractivity contribution in [3.63, 3.8) is 0 Å². The van der Waals surface area contributed by atoms with Crippen LogP contribution in [0.15, 0.2) is 291 Å². The van der Waals surface area contributed by atoms with E-state index in [0.29, 0.717) is 45.5 Å². The SMILES string of the molecule is Cc1ccc(NC(=O)Nc2ccc3cc([S-](=O)=O)ccc3c2)cc1NC(=O)Nc1ccc2cc(S(C)(=O)=O)ccc2c1.O=C(Nc1ccccc1)Nc1ccc(/C=C/c2ccc(NC(=O)Nc3ccccc3)cc2S(=O)(=O)[O-])c([S-](=O)=O)c1.O=C(Nc1ccccc1)Nc1ccc(NC(=O)Nc2ccccc2)c(S(=O)(=O)[O-])c1.[Na+].[Na+].[Na+].[Na+].[OH-].[OH-]. The van der Waals surface area contributed by atoms with E-state index in [1.54, 1.807) is 200 Å². The van der Waals surface area contributed by atoms with E-state index in [4.69, 9.17) is 0 Å². The minimum Gasteiger partial charge on any atom is -0.870 e. The first-order chi connectivity index (χ1) is 53.8. The van der Waals surface area contributed by atoms with Crippen LogP contribution in [-0.2, 0) is 68.3 Å². The molecule has 41 heteroatoms. The van der Waals surface area contributed by atoms with Gasteiger partial charge in [-0.2, -0.15) is 0 Å². The largest absolute Gasteiger partial charge is 1.00 e. The molecule has 0 unspecified atom stereocenters. The molecule has 0 saturated carbocycles. The van der Waals surface area contributed by atoms with E-state index in [1.165, 1.54) is 66.7 Å². The summed E-state index contributed by atoms with van der Waals surface area (Å²) in [7, 11) is -18.3. The minimum atomic E-state index is -4.98. The van der Waals surface area contributed by atoms with Gasteiger partial charge in [-0.1, -0.05) is 155 Å². The molecule has 0 atom stereocenters. The molecule has 14 N–H and O–H groups in total. The quantitative estimate of drug-likeness (QED) is 0.0236. The molecule has 0 saturated heterocycles. The van der Waals surface area contributed by atoms with Crippen molar-refractivity contribution in [3.05, 3.63) is 284 Å². The van der Waals surface area contributed by atoms with Gasteiger partial charge in [-0.3, -0.25) is 0 Å². The Morgan fingerprint density at radius 1 is 0.303 bits per heavy atom. The fourth-order valence-corrected chi connectivity index (χ4v) is 13.5. The number of aryl methyl sites for hydroxylation is 1. The topological polar surface area (TPSA) is 524 Å². The first-order valence-corrected chi connectivity index (χ1v) is 40.0. The van der Waals surface area contributed by atoms with Gasteiger partial charge in [0, 0.05) is 68.8 Å². The molecule has 12 amide bonds. The van der Waals surface area contributed by atoms with Crippen molar-refractivity contribution in [2.24, 2.45) is 0 Å². The van der Waals surface area contributed by atoms with Crippen LogP contribution in [0.2, 0.25) is 0 Å². The molecule has 594 valence electrons. The minimum absolute atomic E-state index is 0. The van der Waals surface area contributed by atoms with Gasteiger partial charge in [-0.15, -0.1) is 0 Å². The molecule has 0 aromatic heterocycles. The number of anilines is 12. The van der Waals surface area contributed by atoms with Gasteiger partial charge < -0.3 is 101 Å². The number of carbonyl (C=O) groups excluding carboxylic acids is 6. The summed E-state index contributed by atoms with van der Waals surface area (Å²) in [6.45, 7) is 1.82. The predicted molar refractivity (Wildman–Crippen MR) is 436 cm³/mol. The molecule has 0 fully saturated rings. The summed E-state index contributed by atoms with van der Waals surface area (Å²) in [5, 5.41) is 34.1. The number of benzene rings is 12. The predicted octanol–water partition coefficient (Wildman–Crippen LogP) is 3.92.